The van der Waals surface area contributed by atoms with E-state index in [-0.39, 0.29) is 6.04 Å². The van der Waals surface area contributed by atoms with E-state index in [0.717, 1.165) is 16.7 Å². The number of halogens is 1. The summed E-state index contributed by atoms with van der Waals surface area (Å²) in [5.74, 6) is 0. The Morgan fingerprint density at radius 2 is 2.23 bits per heavy atom. The fourth-order valence-corrected chi connectivity index (χ4v) is 1.36. The molecule has 13 heavy (non-hydrogen) atoms. The molecule has 0 aromatic heterocycles. The number of nitrogens with one attached hydrogen (secondary N) is 1. The summed E-state index contributed by atoms with van der Waals surface area (Å²) >= 11 is 3.48. The smallest absolute Gasteiger partial charge is 0.0352 e. The third-order valence-corrected chi connectivity index (χ3v) is 2.65. The lowest BCUT2D eigenvalue weighted by atomic mass is 10.2. The van der Waals surface area contributed by atoms with Crippen LogP contribution in [0.15, 0.2) is 22.7 Å². The van der Waals surface area contributed by atoms with Crippen LogP contribution in [0.3, 0.4) is 0 Å². The summed E-state index contributed by atoms with van der Waals surface area (Å²) in [4.78, 5) is 0. The van der Waals surface area contributed by atoms with Crippen LogP contribution in [0.25, 0.3) is 0 Å². The number of nitrogens with two attached hydrogens (primary N) is 1. The van der Waals surface area contributed by atoms with Crippen molar-refractivity contribution in [2.75, 3.05) is 11.9 Å². The molecule has 0 saturated carbocycles. The Balaban J connectivity index is 2.63. The molecule has 0 aliphatic rings. The summed E-state index contributed by atoms with van der Waals surface area (Å²) in [6, 6.07) is 6.38. The van der Waals surface area contributed by atoms with Crippen molar-refractivity contribution in [1.82, 2.24) is 0 Å². The molecule has 0 bridgehead atoms. The summed E-state index contributed by atoms with van der Waals surface area (Å²) in [5, 5.41) is 3.26. The van der Waals surface area contributed by atoms with Gasteiger partial charge < -0.3 is 11.1 Å². The van der Waals surface area contributed by atoms with Crippen LogP contribution in [0, 0.1) is 6.92 Å². The van der Waals surface area contributed by atoms with Crippen molar-refractivity contribution in [2.24, 2.45) is 5.73 Å². The Bertz CT molecular complexity index is 284. The van der Waals surface area contributed by atoms with Crippen LogP contribution in [0.5, 0.6) is 0 Å². The van der Waals surface area contributed by atoms with Gasteiger partial charge in [-0.15, -0.1) is 0 Å². The highest BCUT2D eigenvalue weighted by molar-refractivity contribution is 9.10. The van der Waals surface area contributed by atoms with Crippen LogP contribution in [-0.4, -0.2) is 12.6 Å². The number of rotatable bonds is 3. The molecule has 72 valence electrons. The molecule has 0 heterocycles. The van der Waals surface area contributed by atoms with Gasteiger partial charge in [-0.1, -0.05) is 22.0 Å². The Hall–Kier alpha value is -0.540. The first-order valence-electron chi connectivity index (χ1n) is 4.35. The molecule has 0 aliphatic heterocycles. The first-order chi connectivity index (χ1) is 6.09. The minimum absolute atomic E-state index is 0.181. The van der Waals surface area contributed by atoms with E-state index < -0.39 is 0 Å². The molecule has 0 saturated heterocycles. The van der Waals surface area contributed by atoms with Gasteiger partial charge in [0.15, 0.2) is 0 Å². The quantitative estimate of drug-likeness (QED) is 0.856. The highest BCUT2D eigenvalue weighted by atomic mass is 79.9. The van der Waals surface area contributed by atoms with E-state index in [1.54, 1.807) is 0 Å². The molecule has 1 aromatic carbocycles. The summed E-state index contributed by atoms with van der Waals surface area (Å²) < 4.78 is 1.13. The summed E-state index contributed by atoms with van der Waals surface area (Å²) in [7, 11) is 0. The van der Waals surface area contributed by atoms with Gasteiger partial charge in [-0.05, 0) is 31.5 Å². The van der Waals surface area contributed by atoms with E-state index in [2.05, 4.69) is 46.4 Å². The third-order valence-electron chi connectivity index (χ3n) is 1.80. The van der Waals surface area contributed by atoms with Crippen molar-refractivity contribution < 1.29 is 0 Å². The van der Waals surface area contributed by atoms with Crippen LogP contribution in [0.2, 0.25) is 0 Å². The van der Waals surface area contributed by atoms with E-state index >= 15 is 0 Å². The molecule has 0 aliphatic carbocycles. The van der Waals surface area contributed by atoms with Crippen LogP contribution in [0.1, 0.15) is 12.5 Å². The maximum absolute atomic E-state index is 5.63. The average Bonchev–Trinajstić information content (AvgIpc) is 2.07. The highest BCUT2D eigenvalue weighted by Gasteiger charge is 1.97. The monoisotopic (exact) mass is 242 g/mol. The molecular formula is C10H15BrN2. The zero-order valence-corrected chi connectivity index (χ0v) is 9.56. The summed E-state index contributed by atoms with van der Waals surface area (Å²) in [5.41, 5.74) is 7.98. The lowest BCUT2D eigenvalue weighted by Gasteiger charge is -2.09. The highest BCUT2D eigenvalue weighted by Crippen LogP contribution is 2.20. The third kappa shape index (κ3) is 3.36. The Kier molecular flexibility index (Phi) is 3.75. The van der Waals surface area contributed by atoms with Gasteiger partial charge >= 0.3 is 0 Å². The van der Waals surface area contributed by atoms with Crippen molar-refractivity contribution in [3.8, 4) is 0 Å². The summed E-state index contributed by atoms with van der Waals surface area (Å²) in [6.45, 7) is 4.85. The fourth-order valence-electron chi connectivity index (χ4n) is 0.982. The zero-order valence-electron chi connectivity index (χ0n) is 7.97. The molecular weight excluding hydrogens is 228 g/mol. The largest absolute Gasteiger partial charge is 0.383 e. The normalized spacial score (nSPS) is 12.6. The minimum atomic E-state index is 0.181. The predicted molar refractivity (Wildman–Crippen MR) is 61.0 cm³/mol. The summed E-state index contributed by atoms with van der Waals surface area (Å²) in [6.07, 6.45) is 0. The van der Waals surface area contributed by atoms with Gasteiger partial charge in [0, 0.05) is 22.7 Å². The zero-order chi connectivity index (χ0) is 9.84. The Morgan fingerprint density at radius 1 is 1.54 bits per heavy atom. The number of benzene rings is 1. The fraction of sp³-hybridized carbons (Fsp3) is 0.400. The number of aryl methyl sites for hydroxylation is 1. The predicted octanol–water partition coefficient (Wildman–Crippen LogP) is 2.52. The van der Waals surface area contributed by atoms with Gasteiger partial charge in [0.2, 0.25) is 0 Å². The second-order valence-corrected chi connectivity index (χ2v) is 4.18. The topological polar surface area (TPSA) is 38.0 Å². The minimum Gasteiger partial charge on any atom is -0.383 e. The first-order valence-corrected chi connectivity index (χ1v) is 5.14. The molecule has 0 spiro atoms. The Morgan fingerprint density at radius 3 is 2.77 bits per heavy atom. The van der Waals surface area contributed by atoms with Crippen molar-refractivity contribution in [3.05, 3.63) is 28.2 Å². The number of anilines is 1. The van der Waals surface area contributed by atoms with Gasteiger partial charge in [0.1, 0.15) is 0 Å². The molecule has 1 unspecified atom stereocenters. The lowest BCUT2D eigenvalue weighted by Crippen LogP contribution is -2.25. The van der Waals surface area contributed by atoms with Crippen molar-refractivity contribution in [2.45, 2.75) is 19.9 Å². The maximum Gasteiger partial charge on any atom is 0.0352 e. The van der Waals surface area contributed by atoms with Gasteiger partial charge in [-0.2, -0.15) is 0 Å². The van der Waals surface area contributed by atoms with Crippen molar-refractivity contribution >= 4 is 21.6 Å². The van der Waals surface area contributed by atoms with Crippen molar-refractivity contribution in [3.63, 3.8) is 0 Å². The number of hydrogen-bond donors (Lipinski definition) is 2. The van der Waals surface area contributed by atoms with Crippen molar-refractivity contribution in [1.29, 1.82) is 0 Å². The molecule has 1 rings (SSSR count). The second-order valence-electron chi connectivity index (χ2n) is 3.32. The molecule has 2 nitrogen and oxygen atoms in total. The molecule has 3 N–H and O–H groups in total. The van der Waals surface area contributed by atoms with E-state index in [0.29, 0.717) is 0 Å². The number of hydrogen-bond acceptors (Lipinski definition) is 2. The Labute approximate surface area is 87.6 Å². The van der Waals surface area contributed by atoms with E-state index in [4.69, 9.17) is 5.73 Å². The first kappa shape index (κ1) is 10.5. The van der Waals surface area contributed by atoms with Gasteiger partial charge in [0.25, 0.3) is 0 Å². The van der Waals surface area contributed by atoms with Gasteiger partial charge in [-0.25, -0.2) is 0 Å². The van der Waals surface area contributed by atoms with Gasteiger partial charge in [0.05, 0.1) is 0 Å². The lowest BCUT2D eigenvalue weighted by molar-refractivity contribution is 0.780. The molecule has 1 aromatic rings. The van der Waals surface area contributed by atoms with Crippen LogP contribution >= 0.6 is 15.9 Å². The molecule has 3 heteroatoms. The van der Waals surface area contributed by atoms with Crippen LogP contribution in [0.4, 0.5) is 5.69 Å². The van der Waals surface area contributed by atoms with Gasteiger partial charge in [-0.3, -0.25) is 0 Å². The van der Waals surface area contributed by atoms with E-state index in [1.807, 2.05) is 6.92 Å². The van der Waals surface area contributed by atoms with Crippen LogP contribution in [-0.2, 0) is 0 Å². The molecule has 1 atom stereocenters. The second kappa shape index (κ2) is 4.63. The van der Waals surface area contributed by atoms with E-state index in [9.17, 15) is 0 Å². The SMILES string of the molecule is Cc1ccc(NCC(C)N)cc1Br. The standard InChI is InChI=1S/C10H15BrN2/c1-7-3-4-9(5-10(7)11)13-6-8(2)12/h3-5,8,13H,6,12H2,1-2H3. The van der Waals surface area contributed by atoms with E-state index in [1.165, 1.54) is 5.56 Å². The average molecular weight is 243 g/mol. The van der Waals surface area contributed by atoms with Crippen LogP contribution < -0.4 is 11.1 Å². The molecule has 0 amide bonds. The molecule has 0 fully saturated rings. The molecule has 0 radical (unpaired) electrons. The maximum atomic E-state index is 5.63.